The van der Waals surface area contributed by atoms with E-state index in [4.69, 9.17) is 4.99 Å². The Bertz CT molecular complexity index is 663. The van der Waals surface area contributed by atoms with E-state index in [1.54, 1.807) is 6.33 Å². The monoisotopic (exact) mass is 326 g/mol. The highest BCUT2D eigenvalue weighted by atomic mass is 15.3. The molecule has 1 aliphatic carbocycles. The van der Waals surface area contributed by atoms with Crippen LogP contribution in [0.4, 0.5) is 0 Å². The second-order valence-electron chi connectivity index (χ2n) is 6.06. The zero-order valence-electron chi connectivity index (χ0n) is 14.4. The first-order valence-corrected chi connectivity index (χ1v) is 8.78. The molecule has 1 aliphatic rings. The molecule has 1 aromatic carbocycles. The Morgan fingerprint density at radius 2 is 2.12 bits per heavy atom. The van der Waals surface area contributed by atoms with Gasteiger partial charge in [-0.25, -0.2) is 0 Å². The van der Waals surface area contributed by atoms with Crippen LogP contribution in [0.3, 0.4) is 0 Å². The van der Waals surface area contributed by atoms with Gasteiger partial charge in [0.05, 0.1) is 6.54 Å². The average molecular weight is 326 g/mol. The molecule has 2 N–H and O–H groups in total. The van der Waals surface area contributed by atoms with E-state index in [0.717, 1.165) is 31.3 Å². The van der Waals surface area contributed by atoms with Crippen LogP contribution in [0.1, 0.15) is 37.6 Å². The molecule has 0 saturated heterocycles. The van der Waals surface area contributed by atoms with E-state index in [1.165, 1.54) is 12.0 Å². The van der Waals surface area contributed by atoms with Gasteiger partial charge in [-0.15, -0.1) is 10.2 Å². The number of guanidine groups is 1. The number of benzene rings is 1. The highest BCUT2D eigenvalue weighted by Crippen LogP contribution is 2.40. The van der Waals surface area contributed by atoms with Gasteiger partial charge in [0.15, 0.2) is 5.96 Å². The molecule has 2 aromatic rings. The smallest absolute Gasteiger partial charge is 0.191 e. The maximum atomic E-state index is 4.69. The minimum absolute atomic E-state index is 0.478. The molecule has 24 heavy (non-hydrogen) atoms. The van der Waals surface area contributed by atoms with Crippen molar-refractivity contribution in [1.29, 1.82) is 0 Å². The summed E-state index contributed by atoms with van der Waals surface area (Å²) in [4.78, 5) is 4.69. The number of aliphatic imine (C=N–C) groups is 1. The largest absolute Gasteiger partial charge is 0.357 e. The molecule has 1 heterocycles. The van der Waals surface area contributed by atoms with Crippen molar-refractivity contribution in [3.8, 4) is 0 Å². The molecular weight excluding hydrogens is 300 g/mol. The molecule has 1 aromatic heterocycles. The van der Waals surface area contributed by atoms with E-state index in [1.807, 2.05) is 0 Å². The van der Waals surface area contributed by atoms with Crippen LogP contribution in [0.25, 0.3) is 0 Å². The standard InChI is InChI=1S/C18H26N6/c1-3-17-23-21-13-24(17)11-10-20-18(19-4-2)22-16-12-15(16)14-8-6-5-7-9-14/h5-9,13,15-16H,3-4,10-12H2,1-2H3,(H2,19,20,22). The zero-order chi connectivity index (χ0) is 16.8. The van der Waals surface area contributed by atoms with Crippen molar-refractivity contribution >= 4 is 5.96 Å². The predicted octanol–water partition coefficient (Wildman–Crippen LogP) is 1.95. The predicted molar refractivity (Wildman–Crippen MR) is 96.1 cm³/mol. The number of rotatable bonds is 7. The molecule has 6 nitrogen and oxygen atoms in total. The second kappa shape index (κ2) is 7.95. The molecule has 0 radical (unpaired) electrons. The fraction of sp³-hybridized carbons (Fsp3) is 0.500. The van der Waals surface area contributed by atoms with Crippen LogP contribution in [0.15, 0.2) is 41.7 Å². The summed E-state index contributed by atoms with van der Waals surface area (Å²) in [6.45, 7) is 6.56. The van der Waals surface area contributed by atoms with Crippen LogP contribution in [-0.4, -0.2) is 39.9 Å². The van der Waals surface area contributed by atoms with Crippen LogP contribution in [0.2, 0.25) is 0 Å². The Kier molecular flexibility index (Phi) is 5.46. The van der Waals surface area contributed by atoms with Gasteiger partial charge in [0.25, 0.3) is 0 Å². The van der Waals surface area contributed by atoms with E-state index in [2.05, 4.69) is 69.6 Å². The summed E-state index contributed by atoms with van der Waals surface area (Å²) >= 11 is 0. The van der Waals surface area contributed by atoms with Crippen LogP contribution in [0, 0.1) is 0 Å². The van der Waals surface area contributed by atoms with E-state index >= 15 is 0 Å². The van der Waals surface area contributed by atoms with E-state index in [9.17, 15) is 0 Å². The van der Waals surface area contributed by atoms with Gasteiger partial charge in [0.1, 0.15) is 12.2 Å². The fourth-order valence-corrected chi connectivity index (χ4v) is 2.93. The summed E-state index contributed by atoms with van der Waals surface area (Å²) in [5, 5.41) is 14.9. The molecule has 6 heteroatoms. The second-order valence-corrected chi connectivity index (χ2v) is 6.06. The third-order valence-electron chi connectivity index (χ3n) is 4.31. The van der Waals surface area contributed by atoms with Gasteiger partial charge in [-0.1, -0.05) is 37.3 Å². The number of aromatic nitrogens is 3. The van der Waals surface area contributed by atoms with Gasteiger partial charge in [-0.2, -0.15) is 0 Å². The topological polar surface area (TPSA) is 67.1 Å². The van der Waals surface area contributed by atoms with Crippen LogP contribution >= 0.6 is 0 Å². The van der Waals surface area contributed by atoms with Gasteiger partial charge in [0.2, 0.25) is 0 Å². The van der Waals surface area contributed by atoms with Gasteiger partial charge >= 0.3 is 0 Å². The van der Waals surface area contributed by atoms with E-state index < -0.39 is 0 Å². The first-order chi connectivity index (χ1) is 11.8. The third-order valence-corrected chi connectivity index (χ3v) is 4.31. The Labute approximate surface area is 143 Å². The SMILES string of the molecule is CCNC(=NCCn1cnnc1CC)NC1CC1c1ccccc1. The first-order valence-electron chi connectivity index (χ1n) is 8.78. The molecule has 128 valence electrons. The summed E-state index contributed by atoms with van der Waals surface area (Å²) in [5.74, 6) is 2.50. The van der Waals surface area contributed by atoms with E-state index in [0.29, 0.717) is 18.5 Å². The minimum Gasteiger partial charge on any atom is -0.357 e. The van der Waals surface area contributed by atoms with Crippen molar-refractivity contribution < 1.29 is 0 Å². The molecule has 2 unspecified atom stereocenters. The summed E-state index contributed by atoms with van der Waals surface area (Å²) in [6, 6.07) is 11.2. The van der Waals surface area contributed by atoms with Crippen molar-refractivity contribution in [2.45, 2.75) is 45.2 Å². The number of nitrogens with zero attached hydrogens (tertiary/aromatic N) is 4. The zero-order valence-corrected chi connectivity index (χ0v) is 14.4. The molecule has 2 atom stereocenters. The number of aryl methyl sites for hydroxylation is 1. The lowest BCUT2D eigenvalue weighted by Crippen LogP contribution is -2.39. The van der Waals surface area contributed by atoms with Gasteiger partial charge in [0, 0.05) is 31.5 Å². The lowest BCUT2D eigenvalue weighted by molar-refractivity contribution is 0.660. The van der Waals surface area contributed by atoms with Crippen LogP contribution < -0.4 is 10.6 Å². The Hall–Kier alpha value is -2.37. The lowest BCUT2D eigenvalue weighted by atomic mass is 10.1. The fourth-order valence-electron chi connectivity index (χ4n) is 2.93. The van der Waals surface area contributed by atoms with Gasteiger partial charge < -0.3 is 15.2 Å². The van der Waals surface area contributed by atoms with E-state index in [-0.39, 0.29) is 0 Å². The molecule has 1 saturated carbocycles. The molecular formula is C18H26N6. The summed E-state index contributed by atoms with van der Waals surface area (Å²) in [7, 11) is 0. The number of hydrogen-bond donors (Lipinski definition) is 2. The van der Waals surface area contributed by atoms with Gasteiger partial charge in [-0.3, -0.25) is 4.99 Å². The molecule has 0 bridgehead atoms. The lowest BCUT2D eigenvalue weighted by Gasteiger charge is -2.11. The summed E-state index contributed by atoms with van der Waals surface area (Å²) in [6.07, 6.45) is 3.84. The maximum Gasteiger partial charge on any atom is 0.191 e. The highest BCUT2D eigenvalue weighted by Gasteiger charge is 2.38. The quantitative estimate of drug-likeness (QED) is 0.603. The molecule has 0 spiro atoms. The maximum absolute atomic E-state index is 4.69. The third kappa shape index (κ3) is 4.13. The molecule has 1 fully saturated rings. The van der Waals surface area contributed by atoms with Crippen LogP contribution in [-0.2, 0) is 13.0 Å². The van der Waals surface area contributed by atoms with Gasteiger partial charge in [-0.05, 0) is 18.9 Å². The summed E-state index contributed by atoms with van der Waals surface area (Å²) in [5.41, 5.74) is 1.41. The van der Waals surface area contributed by atoms with Crippen molar-refractivity contribution in [1.82, 2.24) is 25.4 Å². The Morgan fingerprint density at radius 3 is 2.88 bits per heavy atom. The van der Waals surface area contributed by atoms with Crippen molar-refractivity contribution in [2.24, 2.45) is 4.99 Å². The van der Waals surface area contributed by atoms with Crippen molar-refractivity contribution in [3.05, 3.63) is 48.0 Å². The van der Waals surface area contributed by atoms with Crippen molar-refractivity contribution in [2.75, 3.05) is 13.1 Å². The summed E-state index contributed by atoms with van der Waals surface area (Å²) < 4.78 is 2.07. The van der Waals surface area contributed by atoms with Crippen molar-refractivity contribution in [3.63, 3.8) is 0 Å². The Balaban J connectivity index is 1.53. The highest BCUT2D eigenvalue weighted by molar-refractivity contribution is 5.80. The van der Waals surface area contributed by atoms with Crippen LogP contribution in [0.5, 0.6) is 0 Å². The number of nitrogens with one attached hydrogen (secondary N) is 2. The molecule has 0 aliphatic heterocycles. The minimum atomic E-state index is 0.478. The average Bonchev–Trinajstić information content (AvgIpc) is 3.23. The molecule has 0 amide bonds. The normalized spacial score (nSPS) is 20.0. The molecule has 3 rings (SSSR count). The Morgan fingerprint density at radius 1 is 1.29 bits per heavy atom. The first kappa shape index (κ1) is 16.5. The number of hydrogen-bond acceptors (Lipinski definition) is 3.